The third kappa shape index (κ3) is 7.88. The molecule has 3 rings (SSSR count). The number of aryl methyl sites for hydroxylation is 1. The summed E-state index contributed by atoms with van der Waals surface area (Å²) in [5.74, 6) is -0.670. The van der Waals surface area contributed by atoms with E-state index in [2.05, 4.69) is 9.71 Å². The molecule has 0 aliphatic heterocycles. The summed E-state index contributed by atoms with van der Waals surface area (Å²) in [6, 6.07) is 13.1. The normalized spacial score (nSPS) is 12.4. The number of imidazole rings is 1. The van der Waals surface area contributed by atoms with Crippen molar-refractivity contribution in [3.05, 3.63) is 77.8 Å². The van der Waals surface area contributed by atoms with Gasteiger partial charge in [0.25, 0.3) is 0 Å². The van der Waals surface area contributed by atoms with Crippen LogP contribution in [0.2, 0.25) is 5.02 Å². The van der Waals surface area contributed by atoms with E-state index >= 15 is 0 Å². The van der Waals surface area contributed by atoms with Crippen molar-refractivity contribution in [2.75, 3.05) is 13.2 Å². The first-order valence-corrected chi connectivity index (χ1v) is 12.3. The molecule has 176 valence electrons. The van der Waals surface area contributed by atoms with Gasteiger partial charge in [0.2, 0.25) is 10.0 Å². The van der Waals surface area contributed by atoms with Crippen LogP contribution in [0, 0.1) is 0 Å². The lowest BCUT2D eigenvalue weighted by molar-refractivity contribution is -0.139. The van der Waals surface area contributed by atoms with Crippen molar-refractivity contribution in [1.82, 2.24) is 14.3 Å². The first-order valence-electron chi connectivity index (χ1n) is 10.5. The first kappa shape index (κ1) is 24.8. The Morgan fingerprint density at radius 1 is 1.12 bits per heavy atom. The molecular formula is C23H26ClN3O5S. The summed E-state index contributed by atoms with van der Waals surface area (Å²) >= 11 is 5.87. The lowest BCUT2D eigenvalue weighted by Gasteiger charge is -2.19. The second kappa shape index (κ2) is 11.8. The number of aliphatic carboxylic acids is 1. The number of halogens is 1. The highest BCUT2D eigenvalue weighted by atomic mass is 35.5. The number of hydrogen-bond acceptors (Lipinski definition) is 5. The molecule has 8 nitrogen and oxygen atoms in total. The van der Waals surface area contributed by atoms with Crippen molar-refractivity contribution in [1.29, 1.82) is 0 Å². The zero-order chi connectivity index (χ0) is 23.7. The Bertz CT molecular complexity index is 1120. The Balaban J connectivity index is 1.66. The van der Waals surface area contributed by atoms with Gasteiger partial charge in [-0.05, 0) is 60.7 Å². The largest absolute Gasteiger partial charge is 0.482 e. The number of nitrogens with zero attached hydrogens (tertiary/aromatic N) is 2. The number of carboxylic acids is 1. The number of sulfonamides is 1. The molecule has 1 aromatic heterocycles. The van der Waals surface area contributed by atoms with Gasteiger partial charge < -0.3 is 14.4 Å². The second-order valence-electron chi connectivity index (χ2n) is 7.55. The minimum atomic E-state index is -3.68. The summed E-state index contributed by atoms with van der Waals surface area (Å²) in [5.41, 5.74) is 0.944. The third-order valence-corrected chi connectivity index (χ3v) is 6.83. The molecule has 2 N–H and O–H groups in total. The van der Waals surface area contributed by atoms with Gasteiger partial charge in [-0.15, -0.1) is 0 Å². The fraction of sp³-hybridized carbons (Fsp3) is 0.304. The Morgan fingerprint density at radius 2 is 1.85 bits per heavy atom. The summed E-state index contributed by atoms with van der Waals surface area (Å²) in [7, 11) is -3.68. The van der Waals surface area contributed by atoms with Gasteiger partial charge in [-0.1, -0.05) is 30.2 Å². The van der Waals surface area contributed by atoms with E-state index in [0.29, 0.717) is 10.8 Å². The number of hydrogen-bond donors (Lipinski definition) is 2. The predicted octanol–water partition coefficient (Wildman–Crippen LogP) is 3.93. The summed E-state index contributed by atoms with van der Waals surface area (Å²) in [6.45, 7) is 0.647. The van der Waals surface area contributed by atoms with E-state index in [-0.39, 0.29) is 17.4 Å². The molecule has 0 amide bonds. The maximum Gasteiger partial charge on any atom is 0.341 e. The Hall–Kier alpha value is -2.88. The Kier molecular flexibility index (Phi) is 8.87. The van der Waals surface area contributed by atoms with E-state index in [1.54, 1.807) is 36.8 Å². The first-order chi connectivity index (χ1) is 15.8. The minimum absolute atomic E-state index is 0.0663. The van der Waals surface area contributed by atoms with Crippen molar-refractivity contribution < 1.29 is 23.1 Å². The topological polar surface area (TPSA) is 111 Å². The maximum absolute atomic E-state index is 12.7. The van der Waals surface area contributed by atoms with Crippen molar-refractivity contribution in [3.63, 3.8) is 0 Å². The van der Waals surface area contributed by atoms with Gasteiger partial charge >= 0.3 is 5.97 Å². The molecule has 33 heavy (non-hydrogen) atoms. The van der Waals surface area contributed by atoms with Gasteiger partial charge in [-0.25, -0.2) is 22.9 Å². The monoisotopic (exact) mass is 491 g/mol. The van der Waals surface area contributed by atoms with Crippen molar-refractivity contribution in [2.45, 2.75) is 36.6 Å². The van der Waals surface area contributed by atoms with Gasteiger partial charge in [-0.2, -0.15) is 0 Å². The minimum Gasteiger partial charge on any atom is -0.482 e. The molecule has 1 heterocycles. The molecule has 0 aliphatic rings. The summed E-state index contributed by atoms with van der Waals surface area (Å²) in [5, 5.41) is 9.23. The molecule has 0 aliphatic carbocycles. The highest BCUT2D eigenvalue weighted by molar-refractivity contribution is 7.89. The zero-order valence-electron chi connectivity index (χ0n) is 17.9. The maximum atomic E-state index is 12.7. The quantitative estimate of drug-likeness (QED) is 0.350. The van der Waals surface area contributed by atoms with E-state index in [0.717, 1.165) is 31.4 Å². The highest BCUT2D eigenvalue weighted by Crippen LogP contribution is 2.25. The van der Waals surface area contributed by atoms with E-state index in [9.17, 15) is 13.2 Å². The number of carbonyl (C=O) groups is 1. The van der Waals surface area contributed by atoms with Crippen LogP contribution in [0.15, 0.2) is 72.1 Å². The predicted molar refractivity (Wildman–Crippen MR) is 125 cm³/mol. The molecule has 0 bridgehead atoms. The van der Waals surface area contributed by atoms with Crippen LogP contribution in [0.5, 0.6) is 5.75 Å². The SMILES string of the molecule is O=C(O)COc1ccc(C(CCCCn2ccnc2)CNS(=O)(=O)c2ccc(Cl)cc2)cc1. The molecule has 0 spiro atoms. The van der Waals surface area contributed by atoms with E-state index in [4.69, 9.17) is 21.4 Å². The number of carboxylic acid groups (broad SMARTS) is 1. The van der Waals surface area contributed by atoms with Crippen LogP contribution in [0.1, 0.15) is 30.7 Å². The van der Waals surface area contributed by atoms with Crippen molar-refractivity contribution >= 4 is 27.6 Å². The van der Waals surface area contributed by atoms with Crippen LogP contribution in [-0.2, 0) is 21.4 Å². The van der Waals surface area contributed by atoms with Gasteiger partial charge in [0.15, 0.2) is 6.61 Å². The fourth-order valence-corrected chi connectivity index (χ4v) is 4.59. The average Bonchev–Trinajstić information content (AvgIpc) is 3.31. The van der Waals surface area contributed by atoms with Crippen molar-refractivity contribution in [2.24, 2.45) is 0 Å². The zero-order valence-corrected chi connectivity index (χ0v) is 19.5. The van der Waals surface area contributed by atoms with Gasteiger partial charge in [0, 0.05) is 30.5 Å². The molecular weight excluding hydrogens is 466 g/mol. The fourth-order valence-electron chi connectivity index (χ4n) is 3.38. The second-order valence-corrected chi connectivity index (χ2v) is 9.75. The molecule has 10 heteroatoms. The summed E-state index contributed by atoms with van der Waals surface area (Å²) in [4.78, 5) is 14.9. The van der Waals surface area contributed by atoms with Crippen LogP contribution in [0.25, 0.3) is 0 Å². The van der Waals surface area contributed by atoms with Gasteiger partial charge in [-0.3, -0.25) is 0 Å². The molecule has 1 atom stereocenters. The van der Waals surface area contributed by atoms with Crippen LogP contribution in [-0.4, -0.2) is 42.2 Å². The van der Waals surface area contributed by atoms with Crippen LogP contribution < -0.4 is 9.46 Å². The molecule has 0 fully saturated rings. The molecule has 0 saturated heterocycles. The number of ether oxygens (including phenoxy) is 1. The number of unbranched alkanes of at least 4 members (excludes halogenated alkanes) is 1. The average molecular weight is 492 g/mol. The highest BCUT2D eigenvalue weighted by Gasteiger charge is 2.18. The van der Waals surface area contributed by atoms with Crippen molar-refractivity contribution in [3.8, 4) is 5.75 Å². The van der Waals surface area contributed by atoms with Crippen LogP contribution in [0.4, 0.5) is 0 Å². The lowest BCUT2D eigenvalue weighted by atomic mass is 9.93. The molecule has 0 radical (unpaired) electrons. The van der Waals surface area contributed by atoms with E-state index < -0.39 is 22.6 Å². The summed E-state index contributed by atoms with van der Waals surface area (Å²) in [6.07, 6.45) is 8.01. The number of nitrogens with one attached hydrogen (secondary N) is 1. The van der Waals surface area contributed by atoms with E-state index in [1.807, 2.05) is 22.9 Å². The lowest BCUT2D eigenvalue weighted by Crippen LogP contribution is -2.28. The standard InChI is InChI=1S/C23H26ClN3O5S/c24-20-6-10-22(11-7-20)33(30,31)26-15-19(3-1-2-13-27-14-12-25-17-27)18-4-8-21(9-5-18)32-16-23(28)29/h4-12,14,17,19,26H,1-3,13,15-16H2,(H,28,29). The smallest absolute Gasteiger partial charge is 0.341 e. The Labute approximate surface area is 198 Å². The van der Waals surface area contributed by atoms with Gasteiger partial charge in [0.05, 0.1) is 11.2 Å². The van der Waals surface area contributed by atoms with Crippen LogP contribution in [0.3, 0.4) is 0 Å². The molecule has 2 aromatic carbocycles. The number of rotatable bonds is 13. The summed E-state index contributed by atoms with van der Waals surface area (Å²) < 4.78 is 35.4. The van der Waals surface area contributed by atoms with Crippen LogP contribution >= 0.6 is 11.6 Å². The number of benzene rings is 2. The third-order valence-electron chi connectivity index (χ3n) is 5.14. The molecule has 1 unspecified atom stereocenters. The number of aromatic nitrogens is 2. The molecule has 0 saturated carbocycles. The van der Waals surface area contributed by atoms with Gasteiger partial charge in [0.1, 0.15) is 5.75 Å². The molecule has 3 aromatic rings. The van der Waals surface area contributed by atoms with E-state index in [1.165, 1.54) is 12.1 Å². The Morgan fingerprint density at radius 3 is 2.48 bits per heavy atom.